The number of hydrogen-bond acceptors (Lipinski definition) is 4. The number of hydrogen-bond donors (Lipinski definition) is 0. The third-order valence-corrected chi connectivity index (χ3v) is 7.20. The first-order valence-corrected chi connectivity index (χ1v) is 10.9. The van der Waals surface area contributed by atoms with Crippen LogP contribution in [0.15, 0.2) is 0 Å². The number of amides is 1. The molecule has 5 atom stereocenters. The Morgan fingerprint density at radius 3 is 2.81 bits per heavy atom. The van der Waals surface area contributed by atoms with Gasteiger partial charge in [-0.2, -0.15) is 0 Å². The molecule has 0 N–H and O–H groups in total. The van der Waals surface area contributed by atoms with E-state index >= 15 is 0 Å². The lowest BCUT2D eigenvalue weighted by Gasteiger charge is -2.57. The molecule has 5 unspecified atom stereocenters. The first-order valence-electron chi connectivity index (χ1n) is 10.9. The number of ether oxygens (including phenoxy) is 1. The summed E-state index contributed by atoms with van der Waals surface area (Å²) in [6, 6.07) is 0.978. The molecule has 0 aromatic heterocycles. The van der Waals surface area contributed by atoms with E-state index in [1.54, 1.807) is 0 Å². The lowest BCUT2D eigenvalue weighted by molar-refractivity contribution is -0.159. The summed E-state index contributed by atoms with van der Waals surface area (Å²) in [4.78, 5) is 29.4. The van der Waals surface area contributed by atoms with Crippen molar-refractivity contribution in [2.75, 3.05) is 19.6 Å². The first-order chi connectivity index (χ1) is 12.7. The maximum Gasteiger partial charge on any atom is 0.306 e. The summed E-state index contributed by atoms with van der Waals surface area (Å²) >= 11 is 0. The molecule has 4 heterocycles. The van der Waals surface area contributed by atoms with Crippen molar-refractivity contribution in [1.29, 1.82) is 0 Å². The molecule has 5 nitrogen and oxygen atoms in total. The quantitative estimate of drug-likeness (QED) is 0.557. The van der Waals surface area contributed by atoms with Gasteiger partial charge in [0.2, 0.25) is 5.91 Å². The van der Waals surface area contributed by atoms with E-state index in [2.05, 4.69) is 16.7 Å². The molecule has 146 valence electrons. The Kier molecular flexibility index (Phi) is 5.53. The van der Waals surface area contributed by atoms with Crippen LogP contribution in [-0.4, -0.2) is 59.5 Å². The van der Waals surface area contributed by atoms with Gasteiger partial charge in [-0.1, -0.05) is 19.8 Å². The average molecular weight is 363 g/mol. The Morgan fingerprint density at radius 2 is 1.96 bits per heavy atom. The number of piperidine rings is 4. The monoisotopic (exact) mass is 362 g/mol. The summed E-state index contributed by atoms with van der Waals surface area (Å²) in [5, 5.41) is 0. The molecule has 0 radical (unpaired) electrons. The molecule has 4 aliphatic rings. The molecule has 4 saturated heterocycles. The molecule has 4 aliphatic heterocycles. The predicted molar refractivity (Wildman–Crippen MR) is 99.6 cm³/mol. The van der Waals surface area contributed by atoms with Crippen LogP contribution in [0, 0.1) is 11.8 Å². The van der Waals surface area contributed by atoms with E-state index in [-0.39, 0.29) is 12.1 Å². The standard InChI is InChI=1S/C21H34N2O3/c1-2-3-4-8-21(25)26-17-9-10-22-13-15-11-16(19(22)12-17)14-23-18(15)6-5-7-20(23)24/h15-19H,2-14H2,1H3. The second-order valence-electron chi connectivity index (χ2n) is 8.92. The summed E-state index contributed by atoms with van der Waals surface area (Å²) < 4.78 is 5.81. The molecule has 4 fully saturated rings. The van der Waals surface area contributed by atoms with Gasteiger partial charge < -0.3 is 9.64 Å². The Morgan fingerprint density at radius 1 is 1.12 bits per heavy atom. The van der Waals surface area contributed by atoms with Gasteiger partial charge >= 0.3 is 5.97 Å². The highest BCUT2D eigenvalue weighted by atomic mass is 16.5. The van der Waals surface area contributed by atoms with Crippen molar-refractivity contribution in [3.63, 3.8) is 0 Å². The minimum atomic E-state index is -0.0134. The maximum atomic E-state index is 12.4. The summed E-state index contributed by atoms with van der Waals surface area (Å²) in [5.74, 6) is 1.58. The molecule has 5 heteroatoms. The molecule has 1 amide bonds. The fourth-order valence-electron chi connectivity index (χ4n) is 5.92. The van der Waals surface area contributed by atoms with E-state index in [0.29, 0.717) is 36.2 Å². The van der Waals surface area contributed by atoms with Crippen molar-refractivity contribution in [2.45, 2.75) is 89.3 Å². The van der Waals surface area contributed by atoms with E-state index < -0.39 is 0 Å². The summed E-state index contributed by atoms with van der Waals surface area (Å²) in [6.45, 7) is 5.26. The fourth-order valence-corrected chi connectivity index (χ4v) is 5.92. The molecular formula is C21H34N2O3. The van der Waals surface area contributed by atoms with Gasteiger partial charge in [-0.05, 0) is 43.9 Å². The average Bonchev–Trinajstić information content (AvgIpc) is 2.63. The number of fused-ring (bicyclic) bond motifs is 6. The smallest absolute Gasteiger partial charge is 0.306 e. The van der Waals surface area contributed by atoms with Gasteiger partial charge in [0.05, 0.1) is 0 Å². The van der Waals surface area contributed by atoms with E-state index in [1.807, 2.05) is 0 Å². The molecule has 26 heavy (non-hydrogen) atoms. The molecule has 2 bridgehead atoms. The van der Waals surface area contributed by atoms with Crippen LogP contribution in [0.1, 0.15) is 71.1 Å². The SMILES string of the molecule is CCCCCC(=O)OC1CCN2CC3CC(CN4C(=O)CCCC34)C2C1. The van der Waals surface area contributed by atoms with E-state index in [0.717, 1.165) is 64.6 Å². The molecule has 0 saturated carbocycles. The Labute approximate surface area is 157 Å². The summed E-state index contributed by atoms with van der Waals surface area (Å²) in [6.07, 6.45) is 10.0. The zero-order valence-corrected chi connectivity index (χ0v) is 16.2. The summed E-state index contributed by atoms with van der Waals surface area (Å²) in [7, 11) is 0. The van der Waals surface area contributed by atoms with E-state index in [1.165, 1.54) is 12.8 Å². The zero-order chi connectivity index (χ0) is 18.1. The molecule has 0 aromatic carbocycles. The lowest BCUT2D eigenvalue weighted by Crippen LogP contribution is -2.65. The van der Waals surface area contributed by atoms with Gasteiger partial charge in [0.1, 0.15) is 6.10 Å². The van der Waals surface area contributed by atoms with Gasteiger partial charge in [-0.25, -0.2) is 0 Å². The third-order valence-electron chi connectivity index (χ3n) is 7.20. The van der Waals surface area contributed by atoms with Gasteiger partial charge in [-0.3, -0.25) is 14.5 Å². The predicted octanol–water partition coefficient (Wildman–Crippen LogP) is 2.97. The number of carbonyl (C=O) groups excluding carboxylic acids is 2. The number of unbranched alkanes of at least 4 members (excludes halogenated alkanes) is 2. The van der Waals surface area contributed by atoms with Crippen molar-refractivity contribution in [3.05, 3.63) is 0 Å². The highest BCUT2D eigenvalue weighted by molar-refractivity contribution is 5.77. The zero-order valence-electron chi connectivity index (χ0n) is 16.2. The molecule has 0 aliphatic carbocycles. The third kappa shape index (κ3) is 3.64. The van der Waals surface area contributed by atoms with Crippen molar-refractivity contribution in [3.8, 4) is 0 Å². The maximum absolute atomic E-state index is 12.4. The Bertz CT molecular complexity index is 537. The minimum Gasteiger partial charge on any atom is -0.462 e. The van der Waals surface area contributed by atoms with Crippen molar-refractivity contribution in [2.24, 2.45) is 11.8 Å². The number of carbonyl (C=O) groups is 2. The highest BCUT2D eigenvalue weighted by Gasteiger charge is 2.49. The van der Waals surface area contributed by atoms with Crippen molar-refractivity contribution >= 4 is 11.9 Å². The molecule has 4 rings (SSSR count). The Hall–Kier alpha value is -1.10. The van der Waals surface area contributed by atoms with Crippen LogP contribution < -0.4 is 0 Å². The van der Waals surface area contributed by atoms with Crippen LogP contribution >= 0.6 is 0 Å². The molecular weight excluding hydrogens is 328 g/mol. The second kappa shape index (κ2) is 7.87. The van der Waals surface area contributed by atoms with Crippen LogP contribution in [0.4, 0.5) is 0 Å². The first kappa shape index (κ1) is 18.3. The Balaban J connectivity index is 1.35. The fraction of sp³-hybridized carbons (Fsp3) is 0.905. The molecule has 0 spiro atoms. The van der Waals surface area contributed by atoms with Crippen LogP contribution in [0.2, 0.25) is 0 Å². The number of esters is 1. The number of nitrogens with zero attached hydrogens (tertiary/aromatic N) is 2. The molecule has 0 aromatic rings. The van der Waals surface area contributed by atoms with E-state index in [4.69, 9.17) is 4.74 Å². The van der Waals surface area contributed by atoms with Crippen molar-refractivity contribution < 1.29 is 14.3 Å². The van der Waals surface area contributed by atoms with E-state index in [9.17, 15) is 9.59 Å². The highest BCUT2D eigenvalue weighted by Crippen LogP contribution is 2.43. The topological polar surface area (TPSA) is 49.9 Å². The minimum absolute atomic E-state index is 0.0134. The van der Waals surface area contributed by atoms with Gasteiger partial charge in [0.25, 0.3) is 0 Å². The van der Waals surface area contributed by atoms with Gasteiger partial charge in [0.15, 0.2) is 0 Å². The van der Waals surface area contributed by atoms with Crippen LogP contribution in [-0.2, 0) is 14.3 Å². The van der Waals surface area contributed by atoms with Gasteiger partial charge in [0, 0.05) is 51.0 Å². The normalized spacial score (nSPS) is 37.0. The van der Waals surface area contributed by atoms with Gasteiger partial charge in [-0.15, -0.1) is 0 Å². The van der Waals surface area contributed by atoms with Crippen molar-refractivity contribution in [1.82, 2.24) is 9.80 Å². The largest absolute Gasteiger partial charge is 0.462 e. The second-order valence-corrected chi connectivity index (χ2v) is 8.92. The van der Waals surface area contributed by atoms with Crippen LogP contribution in [0.3, 0.4) is 0 Å². The lowest BCUT2D eigenvalue weighted by atomic mass is 9.70. The summed E-state index contributed by atoms with van der Waals surface area (Å²) in [5.41, 5.74) is 0. The van der Waals surface area contributed by atoms with Crippen LogP contribution in [0.5, 0.6) is 0 Å². The number of rotatable bonds is 5. The van der Waals surface area contributed by atoms with Crippen LogP contribution in [0.25, 0.3) is 0 Å².